The number of amides is 1. The molecule has 0 spiro atoms. The van der Waals surface area contributed by atoms with Crippen molar-refractivity contribution >= 4 is 11.8 Å². The predicted octanol–water partition coefficient (Wildman–Crippen LogP) is 2.96. The minimum atomic E-state index is -1.30. The van der Waals surface area contributed by atoms with Gasteiger partial charge in [0.1, 0.15) is 18.5 Å². The van der Waals surface area contributed by atoms with Crippen molar-refractivity contribution in [1.82, 2.24) is 4.90 Å². The van der Waals surface area contributed by atoms with E-state index in [2.05, 4.69) is 5.32 Å². The van der Waals surface area contributed by atoms with E-state index in [1.54, 1.807) is 0 Å². The number of nitrogens with one attached hydrogen (secondary N) is 1. The maximum absolute atomic E-state index is 14.6. The van der Waals surface area contributed by atoms with Gasteiger partial charge in [0.2, 0.25) is 0 Å². The fourth-order valence-electron chi connectivity index (χ4n) is 5.12. The van der Waals surface area contributed by atoms with Gasteiger partial charge in [-0.25, -0.2) is 13.6 Å². The summed E-state index contributed by atoms with van der Waals surface area (Å²) in [6, 6.07) is 10.8. The Balaban J connectivity index is 1.24. The predicted molar refractivity (Wildman–Crippen MR) is 110 cm³/mol. The van der Waals surface area contributed by atoms with E-state index in [0.29, 0.717) is 25.9 Å². The number of anilines is 1. The number of rotatable bonds is 5. The molecule has 4 atom stereocenters. The van der Waals surface area contributed by atoms with Crippen LogP contribution in [0.2, 0.25) is 0 Å². The van der Waals surface area contributed by atoms with Crippen LogP contribution in [-0.2, 0) is 11.3 Å². The molecule has 0 aromatic heterocycles. The summed E-state index contributed by atoms with van der Waals surface area (Å²) in [4.78, 5) is 13.1. The van der Waals surface area contributed by atoms with Crippen molar-refractivity contribution in [2.75, 3.05) is 25.0 Å². The molecule has 9 heteroatoms. The van der Waals surface area contributed by atoms with E-state index in [1.165, 1.54) is 6.07 Å². The number of fused-ring (bicyclic) bond motifs is 2. The molecule has 7 nitrogen and oxygen atoms in total. The zero-order valence-corrected chi connectivity index (χ0v) is 17.3. The Labute approximate surface area is 183 Å². The number of likely N-dealkylation sites (tertiary alicyclic amines) is 1. The lowest BCUT2D eigenvalue weighted by atomic mass is 9.95. The molecule has 170 valence electrons. The van der Waals surface area contributed by atoms with E-state index >= 15 is 0 Å². The lowest BCUT2D eigenvalue weighted by Gasteiger charge is -2.26. The molecular formula is C23H24F2N2O5. The summed E-state index contributed by atoms with van der Waals surface area (Å²) in [5.74, 6) is -1.69. The average Bonchev–Trinajstić information content (AvgIpc) is 3.21. The normalized spacial score (nSPS) is 27.9. The Morgan fingerprint density at radius 1 is 1.28 bits per heavy atom. The summed E-state index contributed by atoms with van der Waals surface area (Å²) in [6.45, 7) is 0.686. The van der Waals surface area contributed by atoms with E-state index in [-0.39, 0.29) is 42.0 Å². The van der Waals surface area contributed by atoms with Gasteiger partial charge in [0, 0.05) is 43.1 Å². The van der Waals surface area contributed by atoms with Crippen LogP contribution in [-0.4, -0.2) is 52.5 Å². The highest BCUT2D eigenvalue weighted by molar-refractivity contribution is 5.87. The van der Waals surface area contributed by atoms with Gasteiger partial charge in [-0.2, -0.15) is 0 Å². The molecule has 2 aromatic carbocycles. The van der Waals surface area contributed by atoms with Crippen LogP contribution in [0.15, 0.2) is 36.4 Å². The van der Waals surface area contributed by atoms with Gasteiger partial charge in [-0.15, -0.1) is 0 Å². The highest BCUT2D eigenvalue weighted by atomic mass is 19.2. The van der Waals surface area contributed by atoms with Gasteiger partial charge < -0.3 is 19.7 Å². The first-order chi connectivity index (χ1) is 15.3. The molecule has 2 aliphatic heterocycles. The Hall–Kier alpha value is -2.75. The van der Waals surface area contributed by atoms with Gasteiger partial charge in [-0.3, -0.25) is 10.2 Å². The molecule has 2 heterocycles. The third kappa shape index (κ3) is 3.80. The molecule has 5 rings (SSSR count). The SMILES string of the molecule is O=C1Nc2c(cc([C@H](O)CN3C[C@H]4C[C@H](Oc5ccccc5)C[C@@]4(O)C3)c(F)c2F)CO1. The zero-order valence-electron chi connectivity index (χ0n) is 17.3. The van der Waals surface area contributed by atoms with E-state index in [4.69, 9.17) is 9.47 Å². The first-order valence-corrected chi connectivity index (χ1v) is 10.6. The third-order valence-corrected chi connectivity index (χ3v) is 6.60. The third-order valence-electron chi connectivity index (χ3n) is 6.60. The number of benzene rings is 2. The second-order valence-corrected chi connectivity index (χ2v) is 8.83. The van der Waals surface area contributed by atoms with Crippen LogP contribution in [0, 0.1) is 17.6 Å². The summed E-state index contributed by atoms with van der Waals surface area (Å²) < 4.78 is 39.8. The molecule has 1 amide bonds. The number of para-hydroxylation sites is 1. The monoisotopic (exact) mass is 446 g/mol. The minimum absolute atomic E-state index is 0.0304. The second kappa shape index (κ2) is 7.99. The number of halogens is 2. The lowest BCUT2D eigenvalue weighted by Crippen LogP contribution is -2.36. The molecule has 0 bridgehead atoms. The van der Waals surface area contributed by atoms with Crippen molar-refractivity contribution < 1.29 is 33.3 Å². The van der Waals surface area contributed by atoms with Crippen molar-refractivity contribution in [2.24, 2.45) is 5.92 Å². The summed E-state index contributed by atoms with van der Waals surface area (Å²) in [5, 5.41) is 23.9. The van der Waals surface area contributed by atoms with Gasteiger partial charge in [0.25, 0.3) is 0 Å². The number of carbonyl (C=O) groups excluding carboxylic acids is 1. The van der Waals surface area contributed by atoms with Gasteiger partial charge in [0.15, 0.2) is 11.6 Å². The molecule has 1 aliphatic carbocycles. The molecule has 1 saturated carbocycles. The molecule has 2 fully saturated rings. The average molecular weight is 446 g/mol. The van der Waals surface area contributed by atoms with Gasteiger partial charge in [0.05, 0.1) is 17.4 Å². The zero-order chi connectivity index (χ0) is 22.5. The van der Waals surface area contributed by atoms with E-state index in [0.717, 1.165) is 5.75 Å². The molecule has 0 unspecified atom stereocenters. The number of ether oxygens (including phenoxy) is 2. The number of hydrogen-bond donors (Lipinski definition) is 3. The number of aliphatic hydroxyl groups excluding tert-OH is 1. The van der Waals surface area contributed by atoms with Gasteiger partial charge in [-0.05, 0) is 24.6 Å². The quantitative estimate of drug-likeness (QED) is 0.654. The first-order valence-electron chi connectivity index (χ1n) is 10.6. The van der Waals surface area contributed by atoms with Crippen molar-refractivity contribution in [3.8, 4) is 5.75 Å². The molecule has 32 heavy (non-hydrogen) atoms. The van der Waals surface area contributed by atoms with Crippen molar-refractivity contribution in [3.05, 3.63) is 59.2 Å². The van der Waals surface area contributed by atoms with Crippen molar-refractivity contribution in [1.29, 1.82) is 0 Å². The highest BCUT2D eigenvalue weighted by Crippen LogP contribution is 2.43. The number of carbonyl (C=O) groups is 1. The highest BCUT2D eigenvalue weighted by Gasteiger charge is 2.53. The summed E-state index contributed by atoms with van der Waals surface area (Å²) >= 11 is 0. The number of cyclic esters (lactones) is 1. The molecular weight excluding hydrogens is 422 g/mol. The Kier molecular flexibility index (Phi) is 5.27. The molecule has 3 N–H and O–H groups in total. The van der Waals surface area contributed by atoms with E-state index in [1.807, 2.05) is 35.2 Å². The summed E-state index contributed by atoms with van der Waals surface area (Å²) in [6.07, 6.45) is -1.10. The van der Waals surface area contributed by atoms with Crippen LogP contribution in [0.25, 0.3) is 0 Å². The standard InChI is InChI=1S/C23H24F2N2O5/c24-19-17(6-13-11-31-22(29)26-21(13)20(19)25)18(28)10-27-9-14-7-16(8-23(14,30)12-27)32-15-4-2-1-3-5-15/h1-6,14,16,18,28,30H,7-12H2,(H,26,29)/t14-,16+,18-,23-/m1/s1. The van der Waals surface area contributed by atoms with Crippen LogP contribution >= 0.6 is 0 Å². The fourth-order valence-corrected chi connectivity index (χ4v) is 5.12. The van der Waals surface area contributed by atoms with Gasteiger partial charge in [-0.1, -0.05) is 18.2 Å². The van der Waals surface area contributed by atoms with E-state index in [9.17, 15) is 23.8 Å². The Morgan fingerprint density at radius 3 is 2.81 bits per heavy atom. The maximum atomic E-state index is 14.6. The minimum Gasteiger partial charge on any atom is -0.490 e. The maximum Gasteiger partial charge on any atom is 0.412 e. The Bertz CT molecular complexity index is 1040. The topological polar surface area (TPSA) is 91.3 Å². The fraction of sp³-hybridized carbons (Fsp3) is 0.435. The van der Waals surface area contributed by atoms with Crippen LogP contribution in [0.4, 0.5) is 19.3 Å². The Morgan fingerprint density at radius 2 is 2.06 bits per heavy atom. The molecule has 2 aromatic rings. The van der Waals surface area contributed by atoms with Crippen molar-refractivity contribution in [3.63, 3.8) is 0 Å². The van der Waals surface area contributed by atoms with Crippen LogP contribution in [0.5, 0.6) is 5.75 Å². The molecule has 1 saturated heterocycles. The van der Waals surface area contributed by atoms with Crippen LogP contribution in [0.3, 0.4) is 0 Å². The first kappa shape index (κ1) is 21.1. The largest absolute Gasteiger partial charge is 0.490 e. The van der Waals surface area contributed by atoms with Crippen molar-refractivity contribution in [2.45, 2.75) is 37.3 Å². The number of hydrogen-bond acceptors (Lipinski definition) is 6. The second-order valence-electron chi connectivity index (χ2n) is 8.83. The smallest absolute Gasteiger partial charge is 0.412 e. The molecule has 3 aliphatic rings. The summed E-state index contributed by atoms with van der Waals surface area (Å²) in [5.41, 5.74) is -1.15. The van der Waals surface area contributed by atoms with E-state index < -0.39 is 29.4 Å². The van der Waals surface area contributed by atoms with Crippen LogP contribution < -0.4 is 10.1 Å². The van der Waals surface area contributed by atoms with Crippen LogP contribution in [0.1, 0.15) is 30.1 Å². The molecule has 0 radical (unpaired) electrons. The number of aliphatic hydroxyl groups is 2. The lowest BCUT2D eigenvalue weighted by molar-refractivity contribution is 0.0177. The number of nitrogens with zero attached hydrogens (tertiary/aromatic N) is 1. The number of β-amino-alcohol motifs (C(OH)–C–C–N with tert-alkyl or cyclic N) is 2. The summed E-state index contributed by atoms with van der Waals surface area (Å²) in [7, 11) is 0. The van der Waals surface area contributed by atoms with Gasteiger partial charge >= 0.3 is 6.09 Å².